The topological polar surface area (TPSA) is 66.4 Å². The van der Waals surface area contributed by atoms with Crippen LogP contribution in [0.1, 0.15) is 51.0 Å². The Balaban J connectivity index is 2.37. The molecule has 0 bridgehead atoms. The summed E-state index contributed by atoms with van der Waals surface area (Å²) in [6.45, 7) is 4.92. The number of amides is 1. The van der Waals surface area contributed by atoms with Crippen molar-refractivity contribution in [2.45, 2.75) is 45.4 Å². The van der Waals surface area contributed by atoms with Crippen molar-refractivity contribution < 1.29 is 14.7 Å². The Labute approximate surface area is 126 Å². The van der Waals surface area contributed by atoms with Gasteiger partial charge in [0.2, 0.25) is 5.91 Å². The van der Waals surface area contributed by atoms with E-state index in [1.165, 1.54) is 5.56 Å². The molecule has 1 aromatic carbocycles. The molecular formula is C17H25NO3. The average Bonchev–Trinajstić information content (AvgIpc) is 2.44. The zero-order valence-corrected chi connectivity index (χ0v) is 12.8. The van der Waals surface area contributed by atoms with E-state index in [1.807, 2.05) is 18.2 Å². The Hall–Kier alpha value is -1.84. The van der Waals surface area contributed by atoms with Crippen molar-refractivity contribution in [3.8, 4) is 0 Å². The molecule has 0 saturated carbocycles. The summed E-state index contributed by atoms with van der Waals surface area (Å²) in [5, 5.41) is 11.5. The summed E-state index contributed by atoms with van der Waals surface area (Å²) in [5.41, 5.74) is 1.23. The molecule has 0 aliphatic heterocycles. The highest BCUT2D eigenvalue weighted by atomic mass is 16.4. The predicted octanol–water partition coefficient (Wildman–Crippen LogP) is 3.19. The largest absolute Gasteiger partial charge is 0.481 e. The standard InChI is InChI=1S/C17H25NO3/c1-13(2)15(14-8-4-3-5-9-14)12-18-16(19)10-6-7-11-17(20)21/h3-5,8-9,13,15H,6-7,10-12H2,1-2H3,(H,18,19)(H,20,21). The number of aliphatic carboxylic acids is 1. The molecule has 4 heteroatoms. The summed E-state index contributed by atoms with van der Waals surface area (Å²) in [6.07, 6.45) is 1.70. The minimum atomic E-state index is -0.806. The summed E-state index contributed by atoms with van der Waals surface area (Å²) in [6, 6.07) is 10.2. The number of rotatable bonds is 9. The monoisotopic (exact) mass is 291 g/mol. The van der Waals surface area contributed by atoms with E-state index >= 15 is 0 Å². The second-order valence-corrected chi connectivity index (χ2v) is 5.67. The van der Waals surface area contributed by atoms with Crippen molar-refractivity contribution in [3.05, 3.63) is 35.9 Å². The molecule has 0 heterocycles. The van der Waals surface area contributed by atoms with Gasteiger partial charge in [0.25, 0.3) is 0 Å². The quantitative estimate of drug-likeness (QED) is 0.687. The maximum atomic E-state index is 11.8. The number of carbonyl (C=O) groups is 2. The molecule has 4 nitrogen and oxygen atoms in total. The van der Waals surface area contributed by atoms with E-state index in [4.69, 9.17) is 5.11 Å². The number of unbranched alkanes of at least 4 members (excludes halogenated alkanes) is 1. The number of carboxylic acids is 1. The van der Waals surface area contributed by atoms with Gasteiger partial charge in [-0.1, -0.05) is 44.2 Å². The minimum Gasteiger partial charge on any atom is -0.481 e. The highest BCUT2D eigenvalue weighted by Crippen LogP contribution is 2.23. The lowest BCUT2D eigenvalue weighted by molar-refractivity contribution is -0.137. The fraction of sp³-hybridized carbons (Fsp3) is 0.529. The van der Waals surface area contributed by atoms with Crippen molar-refractivity contribution >= 4 is 11.9 Å². The van der Waals surface area contributed by atoms with Gasteiger partial charge < -0.3 is 10.4 Å². The average molecular weight is 291 g/mol. The first-order valence-corrected chi connectivity index (χ1v) is 7.54. The Morgan fingerprint density at radius 1 is 1.10 bits per heavy atom. The second-order valence-electron chi connectivity index (χ2n) is 5.67. The van der Waals surface area contributed by atoms with Gasteiger partial charge in [0.15, 0.2) is 0 Å². The van der Waals surface area contributed by atoms with E-state index in [-0.39, 0.29) is 12.3 Å². The first kappa shape index (κ1) is 17.2. The molecule has 0 spiro atoms. The van der Waals surface area contributed by atoms with Crippen LogP contribution >= 0.6 is 0 Å². The van der Waals surface area contributed by atoms with E-state index in [0.717, 1.165) is 0 Å². The van der Waals surface area contributed by atoms with E-state index in [2.05, 4.69) is 31.3 Å². The Kier molecular flexibility index (Phi) is 7.51. The lowest BCUT2D eigenvalue weighted by atomic mass is 9.88. The van der Waals surface area contributed by atoms with Crippen molar-refractivity contribution in [2.75, 3.05) is 6.54 Å². The number of benzene rings is 1. The van der Waals surface area contributed by atoms with Crippen LogP contribution in [0.3, 0.4) is 0 Å². The Morgan fingerprint density at radius 2 is 1.71 bits per heavy atom. The predicted molar refractivity (Wildman–Crippen MR) is 83.1 cm³/mol. The fourth-order valence-electron chi connectivity index (χ4n) is 2.31. The van der Waals surface area contributed by atoms with Crippen LogP contribution in [0.4, 0.5) is 0 Å². The van der Waals surface area contributed by atoms with Crippen molar-refractivity contribution in [1.29, 1.82) is 0 Å². The summed E-state index contributed by atoms with van der Waals surface area (Å²) in [7, 11) is 0. The number of hydrogen-bond donors (Lipinski definition) is 2. The molecule has 2 N–H and O–H groups in total. The highest BCUT2D eigenvalue weighted by Gasteiger charge is 2.16. The molecule has 21 heavy (non-hydrogen) atoms. The van der Waals surface area contributed by atoms with Gasteiger partial charge in [0.05, 0.1) is 0 Å². The van der Waals surface area contributed by atoms with Gasteiger partial charge in [-0.3, -0.25) is 9.59 Å². The third-order valence-corrected chi connectivity index (χ3v) is 3.60. The van der Waals surface area contributed by atoms with E-state index in [9.17, 15) is 9.59 Å². The normalized spacial score (nSPS) is 12.1. The first-order valence-electron chi connectivity index (χ1n) is 7.54. The Morgan fingerprint density at radius 3 is 2.29 bits per heavy atom. The number of nitrogens with one attached hydrogen (secondary N) is 1. The smallest absolute Gasteiger partial charge is 0.303 e. The molecule has 1 unspecified atom stereocenters. The summed E-state index contributed by atoms with van der Waals surface area (Å²) < 4.78 is 0. The molecule has 0 saturated heterocycles. The maximum absolute atomic E-state index is 11.8. The maximum Gasteiger partial charge on any atom is 0.303 e. The number of hydrogen-bond acceptors (Lipinski definition) is 2. The van der Waals surface area contributed by atoms with E-state index < -0.39 is 5.97 Å². The fourth-order valence-corrected chi connectivity index (χ4v) is 2.31. The highest BCUT2D eigenvalue weighted by molar-refractivity contribution is 5.76. The lowest BCUT2D eigenvalue weighted by Crippen LogP contribution is -2.30. The van der Waals surface area contributed by atoms with Crippen molar-refractivity contribution in [1.82, 2.24) is 5.32 Å². The van der Waals surface area contributed by atoms with Crippen LogP contribution in [0.15, 0.2) is 30.3 Å². The van der Waals surface area contributed by atoms with Gasteiger partial charge in [-0.2, -0.15) is 0 Å². The van der Waals surface area contributed by atoms with Crippen LogP contribution in [-0.4, -0.2) is 23.5 Å². The zero-order chi connectivity index (χ0) is 15.7. The van der Waals surface area contributed by atoms with Crippen LogP contribution < -0.4 is 5.32 Å². The summed E-state index contributed by atoms with van der Waals surface area (Å²) in [5.74, 6) is -0.0600. The van der Waals surface area contributed by atoms with Gasteiger partial charge >= 0.3 is 5.97 Å². The van der Waals surface area contributed by atoms with Gasteiger partial charge in [0, 0.05) is 25.3 Å². The van der Waals surface area contributed by atoms with Gasteiger partial charge in [-0.05, 0) is 24.3 Å². The summed E-state index contributed by atoms with van der Waals surface area (Å²) >= 11 is 0. The van der Waals surface area contributed by atoms with Crippen LogP contribution in [0.5, 0.6) is 0 Å². The van der Waals surface area contributed by atoms with Crippen molar-refractivity contribution in [2.24, 2.45) is 5.92 Å². The molecule has 0 fully saturated rings. The zero-order valence-electron chi connectivity index (χ0n) is 12.8. The van der Waals surface area contributed by atoms with Crippen LogP contribution in [0, 0.1) is 5.92 Å². The lowest BCUT2D eigenvalue weighted by Gasteiger charge is -2.22. The van der Waals surface area contributed by atoms with Gasteiger partial charge in [-0.25, -0.2) is 0 Å². The molecule has 0 aromatic heterocycles. The SMILES string of the molecule is CC(C)C(CNC(=O)CCCCC(=O)O)c1ccccc1. The first-order chi connectivity index (χ1) is 10.0. The molecule has 0 radical (unpaired) electrons. The molecule has 1 atom stereocenters. The van der Waals surface area contributed by atoms with Gasteiger partial charge in [0.1, 0.15) is 0 Å². The molecule has 116 valence electrons. The van der Waals surface area contributed by atoms with Crippen molar-refractivity contribution in [3.63, 3.8) is 0 Å². The minimum absolute atomic E-state index is 0.00182. The molecule has 1 rings (SSSR count). The van der Waals surface area contributed by atoms with Gasteiger partial charge in [-0.15, -0.1) is 0 Å². The molecular weight excluding hydrogens is 266 g/mol. The van der Waals surface area contributed by atoms with E-state index in [1.54, 1.807) is 0 Å². The second kappa shape index (κ2) is 9.16. The molecule has 1 amide bonds. The molecule has 0 aliphatic carbocycles. The number of carbonyl (C=O) groups excluding carboxylic acids is 1. The molecule has 0 aliphatic rings. The third-order valence-electron chi connectivity index (χ3n) is 3.60. The third kappa shape index (κ3) is 6.93. The van der Waals surface area contributed by atoms with Crippen LogP contribution in [0.25, 0.3) is 0 Å². The van der Waals surface area contributed by atoms with E-state index in [0.29, 0.717) is 37.6 Å². The summed E-state index contributed by atoms with van der Waals surface area (Å²) in [4.78, 5) is 22.2. The Bertz CT molecular complexity index is 443. The van der Waals surface area contributed by atoms with Crippen LogP contribution in [-0.2, 0) is 9.59 Å². The van der Waals surface area contributed by atoms with Crippen LogP contribution in [0.2, 0.25) is 0 Å². The number of carboxylic acid groups (broad SMARTS) is 1. The molecule has 1 aromatic rings.